The number of halogens is 1. The SMILES string of the molecule is CC1CNC(COc2cccc(F)c2)N1C. The van der Waals surface area contributed by atoms with Crippen LogP contribution in [0.4, 0.5) is 4.39 Å². The van der Waals surface area contributed by atoms with Gasteiger partial charge in [-0.25, -0.2) is 4.39 Å². The number of ether oxygens (including phenoxy) is 1. The molecule has 0 bridgehead atoms. The molecular weight excluding hydrogens is 207 g/mol. The average molecular weight is 224 g/mol. The summed E-state index contributed by atoms with van der Waals surface area (Å²) in [7, 11) is 2.06. The van der Waals surface area contributed by atoms with Crippen molar-refractivity contribution in [1.29, 1.82) is 0 Å². The predicted octanol–water partition coefficient (Wildman–Crippen LogP) is 1.45. The molecule has 1 heterocycles. The zero-order valence-electron chi connectivity index (χ0n) is 9.61. The first kappa shape index (κ1) is 11.4. The molecule has 0 spiro atoms. The highest BCUT2D eigenvalue weighted by atomic mass is 19.1. The fourth-order valence-electron chi connectivity index (χ4n) is 1.81. The Kier molecular flexibility index (Phi) is 3.41. The summed E-state index contributed by atoms with van der Waals surface area (Å²) in [6, 6.07) is 6.74. The van der Waals surface area contributed by atoms with Gasteiger partial charge in [0.15, 0.2) is 0 Å². The molecule has 0 amide bonds. The number of hydrogen-bond acceptors (Lipinski definition) is 3. The molecule has 1 saturated heterocycles. The first-order chi connectivity index (χ1) is 7.66. The number of likely N-dealkylation sites (N-methyl/N-ethyl adjacent to an activating group) is 1. The van der Waals surface area contributed by atoms with E-state index >= 15 is 0 Å². The minimum absolute atomic E-state index is 0.207. The number of benzene rings is 1. The van der Waals surface area contributed by atoms with E-state index in [9.17, 15) is 4.39 Å². The van der Waals surface area contributed by atoms with E-state index in [4.69, 9.17) is 4.74 Å². The highest BCUT2D eigenvalue weighted by Crippen LogP contribution is 2.14. The summed E-state index contributed by atoms with van der Waals surface area (Å²) in [4.78, 5) is 2.22. The molecule has 2 unspecified atom stereocenters. The molecule has 1 aromatic carbocycles. The van der Waals surface area contributed by atoms with Crippen LogP contribution < -0.4 is 10.1 Å². The van der Waals surface area contributed by atoms with Gasteiger partial charge in [0.05, 0.1) is 6.17 Å². The maximum absolute atomic E-state index is 12.9. The molecule has 16 heavy (non-hydrogen) atoms. The molecule has 2 rings (SSSR count). The van der Waals surface area contributed by atoms with Gasteiger partial charge in [0.1, 0.15) is 18.2 Å². The van der Waals surface area contributed by atoms with E-state index < -0.39 is 0 Å². The molecule has 3 nitrogen and oxygen atoms in total. The van der Waals surface area contributed by atoms with Crippen LogP contribution in [-0.4, -0.2) is 37.3 Å². The Morgan fingerprint density at radius 3 is 3.00 bits per heavy atom. The third-order valence-electron chi connectivity index (χ3n) is 3.04. The molecule has 1 fully saturated rings. The van der Waals surface area contributed by atoms with Crippen LogP contribution in [0.25, 0.3) is 0 Å². The highest BCUT2D eigenvalue weighted by Gasteiger charge is 2.26. The Labute approximate surface area is 95.2 Å². The van der Waals surface area contributed by atoms with Crippen molar-refractivity contribution < 1.29 is 9.13 Å². The summed E-state index contributed by atoms with van der Waals surface area (Å²) in [6.07, 6.45) is 0.207. The van der Waals surface area contributed by atoms with E-state index in [1.54, 1.807) is 12.1 Å². The molecule has 1 N–H and O–H groups in total. The number of nitrogens with zero attached hydrogens (tertiary/aromatic N) is 1. The minimum Gasteiger partial charge on any atom is -0.490 e. The van der Waals surface area contributed by atoms with E-state index in [-0.39, 0.29) is 12.0 Å². The lowest BCUT2D eigenvalue weighted by Crippen LogP contribution is -2.39. The van der Waals surface area contributed by atoms with Gasteiger partial charge >= 0.3 is 0 Å². The summed E-state index contributed by atoms with van der Waals surface area (Å²) in [5.74, 6) is 0.313. The molecule has 4 heteroatoms. The zero-order valence-corrected chi connectivity index (χ0v) is 9.61. The molecule has 1 aliphatic rings. The Bertz CT molecular complexity index is 359. The first-order valence-corrected chi connectivity index (χ1v) is 5.50. The van der Waals surface area contributed by atoms with Crippen LogP contribution in [0, 0.1) is 5.82 Å². The fourth-order valence-corrected chi connectivity index (χ4v) is 1.81. The van der Waals surface area contributed by atoms with E-state index in [1.165, 1.54) is 12.1 Å². The summed E-state index contributed by atoms with van der Waals surface area (Å²) in [6.45, 7) is 3.66. The van der Waals surface area contributed by atoms with Gasteiger partial charge in [-0.2, -0.15) is 0 Å². The summed E-state index contributed by atoms with van der Waals surface area (Å²) in [5, 5.41) is 3.35. The zero-order chi connectivity index (χ0) is 11.5. The Hall–Kier alpha value is -1.13. The van der Waals surface area contributed by atoms with Crippen LogP contribution in [0.2, 0.25) is 0 Å². The van der Waals surface area contributed by atoms with Crippen LogP contribution in [0.5, 0.6) is 5.75 Å². The van der Waals surface area contributed by atoms with Gasteiger partial charge in [-0.3, -0.25) is 10.2 Å². The second kappa shape index (κ2) is 4.80. The lowest BCUT2D eigenvalue weighted by molar-refractivity contribution is 0.165. The standard InChI is InChI=1S/C12H17FN2O/c1-9-7-14-12(15(9)2)8-16-11-5-3-4-10(13)6-11/h3-6,9,12,14H,7-8H2,1-2H3. The first-order valence-electron chi connectivity index (χ1n) is 5.50. The van der Waals surface area contributed by atoms with Gasteiger partial charge in [0.25, 0.3) is 0 Å². The molecular formula is C12H17FN2O. The van der Waals surface area contributed by atoms with Crippen molar-refractivity contribution in [2.45, 2.75) is 19.1 Å². The van der Waals surface area contributed by atoms with Crippen molar-refractivity contribution in [1.82, 2.24) is 10.2 Å². The normalized spacial score (nSPS) is 25.9. The molecule has 0 saturated carbocycles. The maximum atomic E-state index is 12.9. The number of rotatable bonds is 3. The van der Waals surface area contributed by atoms with Crippen LogP contribution >= 0.6 is 0 Å². The van der Waals surface area contributed by atoms with E-state index in [2.05, 4.69) is 24.2 Å². The van der Waals surface area contributed by atoms with Crippen molar-refractivity contribution in [2.24, 2.45) is 0 Å². The molecule has 1 aromatic rings. The van der Waals surface area contributed by atoms with E-state index in [0.29, 0.717) is 18.4 Å². The average Bonchev–Trinajstić information content (AvgIpc) is 2.57. The minimum atomic E-state index is -0.265. The molecule has 0 aromatic heterocycles. The van der Waals surface area contributed by atoms with Gasteiger partial charge in [0.2, 0.25) is 0 Å². The monoisotopic (exact) mass is 224 g/mol. The summed E-state index contributed by atoms with van der Waals surface area (Å²) >= 11 is 0. The Balaban J connectivity index is 1.88. The molecule has 0 aliphatic carbocycles. The molecule has 1 aliphatic heterocycles. The van der Waals surface area contributed by atoms with Crippen molar-refractivity contribution in [3.8, 4) is 5.75 Å². The van der Waals surface area contributed by atoms with Crippen LogP contribution in [-0.2, 0) is 0 Å². The lowest BCUT2D eigenvalue weighted by Gasteiger charge is -2.22. The van der Waals surface area contributed by atoms with Crippen molar-refractivity contribution in [3.63, 3.8) is 0 Å². The quantitative estimate of drug-likeness (QED) is 0.841. The number of hydrogen-bond donors (Lipinski definition) is 1. The smallest absolute Gasteiger partial charge is 0.126 e. The third-order valence-corrected chi connectivity index (χ3v) is 3.04. The van der Waals surface area contributed by atoms with E-state index in [1.807, 2.05) is 0 Å². The summed E-state index contributed by atoms with van der Waals surface area (Å²) < 4.78 is 18.4. The van der Waals surface area contributed by atoms with Gasteiger partial charge in [-0.1, -0.05) is 6.07 Å². The van der Waals surface area contributed by atoms with Gasteiger partial charge < -0.3 is 4.74 Å². The highest BCUT2D eigenvalue weighted by molar-refractivity contribution is 5.22. The second-order valence-electron chi connectivity index (χ2n) is 4.21. The van der Waals surface area contributed by atoms with Crippen molar-refractivity contribution >= 4 is 0 Å². The van der Waals surface area contributed by atoms with Gasteiger partial charge in [-0.05, 0) is 26.1 Å². The molecule has 2 atom stereocenters. The third kappa shape index (κ3) is 2.51. The maximum Gasteiger partial charge on any atom is 0.126 e. The second-order valence-corrected chi connectivity index (χ2v) is 4.21. The van der Waals surface area contributed by atoms with Crippen molar-refractivity contribution in [3.05, 3.63) is 30.1 Å². The molecule has 0 radical (unpaired) electrons. The van der Waals surface area contributed by atoms with Gasteiger partial charge in [0, 0.05) is 18.7 Å². The van der Waals surface area contributed by atoms with E-state index in [0.717, 1.165) is 6.54 Å². The lowest BCUT2D eigenvalue weighted by atomic mass is 10.3. The number of nitrogens with one attached hydrogen (secondary N) is 1. The van der Waals surface area contributed by atoms with Crippen molar-refractivity contribution in [2.75, 3.05) is 20.2 Å². The topological polar surface area (TPSA) is 24.5 Å². The summed E-state index contributed by atoms with van der Waals surface area (Å²) in [5.41, 5.74) is 0. The Morgan fingerprint density at radius 1 is 1.56 bits per heavy atom. The Morgan fingerprint density at radius 2 is 2.38 bits per heavy atom. The fraction of sp³-hybridized carbons (Fsp3) is 0.500. The van der Waals surface area contributed by atoms with Crippen LogP contribution in [0.15, 0.2) is 24.3 Å². The van der Waals surface area contributed by atoms with Crippen LogP contribution in [0.1, 0.15) is 6.92 Å². The van der Waals surface area contributed by atoms with Crippen LogP contribution in [0.3, 0.4) is 0 Å². The predicted molar refractivity (Wildman–Crippen MR) is 60.9 cm³/mol. The largest absolute Gasteiger partial charge is 0.490 e. The van der Waals surface area contributed by atoms with Gasteiger partial charge in [-0.15, -0.1) is 0 Å². The molecule has 88 valence electrons.